The fraction of sp³-hybridized carbons (Fsp3) is 0.533. The van der Waals surface area contributed by atoms with Gasteiger partial charge in [0.25, 0.3) is 0 Å². The van der Waals surface area contributed by atoms with Gasteiger partial charge < -0.3 is 44.0 Å². The molecule has 0 saturated heterocycles. The van der Waals surface area contributed by atoms with Crippen molar-refractivity contribution in [3.63, 3.8) is 0 Å². The molecule has 2 aromatic carbocycles. The molecule has 43 heavy (non-hydrogen) atoms. The van der Waals surface area contributed by atoms with E-state index in [1.54, 1.807) is 24.3 Å². The van der Waals surface area contributed by atoms with Crippen LogP contribution in [0.1, 0.15) is 51.6 Å². The van der Waals surface area contributed by atoms with Crippen molar-refractivity contribution in [3.8, 4) is 17.2 Å². The second-order valence-corrected chi connectivity index (χ2v) is 9.23. The summed E-state index contributed by atoms with van der Waals surface area (Å²) in [6.45, 7) is 5.41. The van der Waals surface area contributed by atoms with E-state index in [1.165, 1.54) is 19.2 Å². The number of hydrogen-bond donors (Lipinski definition) is 3. The van der Waals surface area contributed by atoms with Gasteiger partial charge in [0, 0.05) is 25.1 Å². The fourth-order valence-corrected chi connectivity index (χ4v) is 4.16. The standard InChI is InChI=1S/C30H41NO10.BHS/c1-35-30-26(33)9-8-24-27(34)21-28(41-29(24)30)23-6-4-22(5-7-23)25(32)3-2-11-36-13-15-38-17-19-40-20-18-39-16-14-37-12-10-31;1-2/h4-9,28,33H,2-3,10-21,31H2,1H3;2H. The van der Waals surface area contributed by atoms with Gasteiger partial charge in [-0.25, -0.2) is 12.5 Å². The highest BCUT2D eigenvalue weighted by molar-refractivity contribution is 8.03. The topological polar surface area (TPSA) is 145 Å². The minimum absolute atomic E-state index is 0.0122. The quantitative estimate of drug-likeness (QED) is 0.0821. The van der Waals surface area contributed by atoms with Crippen LogP contribution in [-0.2, 0) is 23.7 Å². The summed E-state index contributed by atoms with van der Waals surface area (Å²) in [6, 6.07) is 10.00. The zero-order chi connectivity index (χ0) is 31.3. The molecule has 2 aromatic rings. The van der Waals surface area contributed by atoms with E-state index in [0.717, 1.165) is 5.56 Å². The van der Waals surface area contributed by atoms with Crippen molar-refractivity contribution in [1.82, 2.24) is 0 Å². The van der Waals surface area contributed by atoms with Gasteiger partial charge in [0.2, 0.25) is 5.75 Å². The highest BCUT2D eigenvalue weighted by Crippen LogP contribution is 2.45. The SMILES string of the molecule is COc1c(O)ccc2c1OC(c1ccc(C(=O)CCCOCCOCCOCCOCCOCCN)cc1)CC2=O.[B]S. The Kier molecular flexibility index (Phi) is 18.7. The fourth-order valence-electron chi connectivity index (χ4n) is 4.16. The zero-order valence-corrected chi connectivity index (χ0v) is 25.6. The van der Waals surface area contributed by atoms with Gasteiger partial charge in [0.15, 0.2) is 30.2 Å². The summed E-state index contributed by atoms with van der Waals surface area (Å²) >= 11 is 3.03. The average molecular weight is 620 g/mol. The van der Waals surface area contributed by atoms with E-state index in [-0.39, 0.29) is 35.2 Å². The summed E-state index contributed by atoms with van der Waals surface area (Å²) in [6.07, 6.45) is 0.575. The molecule has 3 rings (SSSR count). The number of methoxy groups -OCH3 is 1. The molecule has 0 amide bonds. The Balaban J connectivity index is 0.00000316. The van der Waals surface area contributed by atoms with Crippen molar-refractivity contribution >= 4 is 31.2 Å². The molecule has 0 aliphatic carbocycles. The first kappa shape index (κ1) is 36.5. The second-order valence-electron chi connectivity index (χ2n) is 9.23. The Bertz CT molecular complexity index is 1090. The molecule has 0 aromatic heterocycles. The molecule has 1 atom stereocenters. The molecule has 0 fully saturated rings. The minimum atomic E-state index is -0.539. The van der Waals surface area contributed by atoms with Gasteiger partial charge in [-0.1, -0.05) is 24.3 Å². The summed E-state index contributed by atoms with van der Waals surface area (Å²) < 4.78 is 38.3. The maximum absolute atomic E-state index is 12.7. The summed E-state index contributed by atoms with van der Waals surface area (Å²) in [5, 5.41) is 10.0. The number of phenols is 1. The van der Waals surface area contributed by atoms with Crippen LogP contribution in [0.4, 0.5) is 0 Å². The molecule has 3 N–H and O–H groups in total. The van der Waals surface area contributed by atoms with Crippen LogP contribution in [0, 0.1) is 0 Å². The molecular weight excluding hydrogens is 577 g/mol. The first-order chi connectivity index (χ1) is 21.0. The predicted octanol–water partition coefficient (Wildman–Crippen LogP) is 3.11. The van der Waals surface area contributed by atoms with E-state index in [1.807, 2.05) is 0 Å². The number of aromatic hydroxyl groups is 1. The van der Waals surface area contributed by atoms with Crippen LogP contribution in [-0.4, -0.2) is 104 Å². The Morgan fingerprint density at radius 3 is 1.95 bits per heavy atom. The molecule has 236 valence electrons. The number of carbonyl (C=O) groups excluding carboxylic acids is 2. The van der Waals surface area contributed by atoms with Crippen LogP contribution >= 0.6 is 12.5 Å². The summed E-state index contributed by atoms with van der Waals surface area (Å²) in [4.78, 5) is 25.2. The number of fused-ring (bicyclic) bond motifs is 1. The van der Waals surface area contributed by atoms with Crippen LogP contribution in [0.25, 0.3) is 0 Å². The Labute approximate surface area is 260 Å². The van der Waals surface area contributed by atoms with Gasteiger partial charge in [-0.15, -0.1) is 0 Å². The molecule has 2 radical (unpaired) electrons. The molecule has 0 spiro atoms. The number of carbonyl (C=O) groups is 2. The van der Waals surface area contributed by atoms with Gasteiger partial charge >= 0.3 is 0 Å². The van der Waals surface area contributed by atoms with E-state index in [4.69, 9.17) is 38.9 Å². The van der Waals surface area contributed by atoms with Gasteiger partial charge in [-0.3, -0.25) is 9.59 Å². The van der Waals surface area contributed by atoms with Crippen molar-refractivity contribution in [1.29, 1.82) is 0 Å². The maximum Gasteiger partial charge on any atom is 0.203 e. The lowest BCUT2D eigenvalue weighted by Crippen LogP contribution is -2.21. The number of benzene rings is 2. The molecule has 1 unspecified atom stereocenters. The molecule has 0 bridgehead atoms. The van der Waals surface area contributed by atoms with Crippen molar-refractivity contribution < 1.29 is 47.9 Å². The zero-order valence-electron chi connectivity index (χ0n) is 24.7. The number of rotatable bonds is 21. The summed E-state index contributed by atoms with van der Waals surface area (Å²) in [5.41, 5.74) is 7.05. The summed E-state index contributed by atoms with van der Waals surface area (Å²) in [7, 11) is 5.60. The third-order valence-corrected chi connectivity index (χ3v) is 6.27. The van der Waals surface area contributed by atoms with E-state index in [9.17, 15) is 14.7 Å². The number of ether oxygens (including phenoxy) is 7. The average Bonchev–Trinajstić information content (AvgIpc) is 3.03. The van der Waals surface area contributed by atoms with Gasteiger partial charge in [0.05, 0.1) is 78.6 Å². The molecule has 0 saturated carbocycles. The van der Waals surface area contributed by atoms with Gasteiger partial charge in [-0.2, -0.15) is 0 Å². The molecule has 11 nitrogen and oxygen atoms in total. The van der Waals surface area contributed by atoms with Crippen molar-refractivity contribution in [2.45, 2.75) is 25.4 Å². The minimum Gasteiger partial charge on any atom is -0.504 e. The van der Waals surface area contributed by atoms with Crippen molar-refractivity contribution in [2.75, 3.05) is 79.7 Å². The first-order valence-corrected chi connectivity index (χ1v) is 14.6. The number of nitrogens with two attached hydrogens (primary N) is 1. The normalized spacial score (nSPS) is 13.9. The van der Waals surface area contributed by atoms with Crippen LogP contribution in [0.5, 0.6) is 17.2 Å². The second kappa shape index (κ2) is 22.0. The summed E-state index contributed by atoms with van der Waals surface area (Å²) in [5.74, 6) is 0.179. The third kappa shape index (κ3) is 12.9. The number of thiol groups is 1. The highest BCUT2D eigenvalue weighted by Gasteiger charge is 2.31. The van der Waals surface area contributed by atoms with E-state index >= 15 is 0 Å². The Morgan fingerprint density at radius 2 is 1.42 bits per heavy atom. The van der Waals surface area contributed by atoms with Crippen LogP contribution < -0.4 is 15.2 Å². The molecule has 1 aliphatic heterocycles. The predicted molar refractivity (Wildman–Crippen MR) is 165 cm³/mol. The third-order valence-electron chi connectivity index (χ3n) is 6.27. The maximum atomic E-state index is 12.7. The lowest BCUT2D eigenvalue weighted by molar-refractivity contribution is -0.0106. The Morgan fingerprint density at radius 1 is 0.884 bits per heavy atom. The number of hydrogen-bond acceptors (Lipinski definition) is 12. The van der Waals surface area contributed by atoms with E-state index in [2.05, 4.69) is 19.6 Å². The lowest BCUT2D eigenvalue weighted by Gasteiger charge is -2.27. The number of phenolic OH excluding ortho intramolecular Hbond substituents is 1. The van der Waals surface area contributed by atoms with Crippen LogP contribution in [0.3, 0.4) is 0 Å². The first-order valence-electron chi connectivity index (χ1n) is 14.1. The van der Waals surface area contributed by atoms with Gasteiger partial charge in [-0.05, 0) is 24.1 Å². The molecule has 1 heterocycles. The molecular formula is C30H42BNO10S. The smallest absolute Gasteiger partial charge is 0.203 e. The monoisotopic (exact) mass is 619 g/mol. The van der Waals surface area contributed by atoms with Crippen LogP contribution in [0.15, 0.2) is 36.4 Å². The lowest BCUT2D eigenvalue weighted by atomic mass is 9.94. The highest BCUT2D eigenvalue weighted by atomic mass is 32.1. The van der Waals surface area contributed by atoms with Crippen LogP contribution in [0.2, 0.25) is 0 Å². The number of ketones is 2. The van der Waals surface area contributed by atoms with Gasteiger partial charge in [0.1, 0.15) is 6.10 Å². The van der Waals surface area contributed by atoms with Crippen molar-refractivity contribution in [2.24, 2.45) is 5.73 Å². The van der Waals surface area contributed by atoms with E-state index in [0.29, 0.717) is 96.6 Å². The molecule has 1 aliphatic rings. The molecule has 13 heteroatoms. The Hall–Kier alpha value is -2.65. The van der Waals surface area contributed by atoms with E-state index < -0.39 is 6.10 Å². The van der Waals surface area contributed by atoms with Crippen molar-refractivity contribution in [3.05, 3.63) is 53.1 Å². The number of Topliss-reactive ketones (excluding diaryl/α,β-unsaturated/α-hetero) is 2. The largest absolute Gasteiger partial charge is 0.504 e.